The van der Waals surface area contributed by atoms with Gasteiger partial charge in [0.1, 0.15) is 5.69 Å². The van der Waals surface area contributed by atoms with Gasteiger partial charge in [-0.25, -0.2) is 0 Å². The number of hydrogen-bond acceptors (Lipinski definition) is 1. The molecule has 0 radical (unpaired) electrons. The van der Waals surface area contributed by atoms with E-state index >= 15 is 0 Å². The van der Waals surface area contributed by atoms with Gasteiger partial charge in [0.05, 0.1) is 11.7 Å². The maximum atomic E-state index is 12.6. The average molecular weight is 206 g/mol. The third kappa shape index (κ3) is 1.91. The topological polar surface area (TPSA) is 17.8 Å². The Morgan fingerprint density at radius 3 is 2.00 bits per heavy atom. The molecule has 1 aromatic rings. The van der Waals surface area contributed by atoms with E-state index in [0.717, 1.165) is 4.68 Å². The summed E-state index contributed by atoms with van der Waals surface area (Å²) in [5, 5.41) is 3.75. The van der Waals surface area contributed by atoms with Crippen molar-refractivity contribution in [1.29, 1.82) is 0 Å². The van der Waals surface area contributed by atoms with Crippen LogP contribution in [0.4, 0.5) is 13.2 Å². The van der Waals surface area contributed by atoms with Crippen LogP contribution < -0.4 is 0 Å². The van der Waals surface area contributed by atoms with E-state index in [1.54, 1.807) is 20.8 Å². The van der Waals surface area contributed by atoms with Crippen LogP contribution in [-0.4, -0.2) is 9.78 Å². The van der Waals surface area contributed by atoms with E-state index in [1.165, 1.54) is 13.1 Å². The fourth-order valence-corrected chi connectivity index (χ4v) is 1.28. The second kappa shape index (κ2) is 3.00. The molecule has 0 atom stereocenters. The normalized spacial score (nSPS) is 13.4. The monoisotopic (exact) mass is 206 g/mol. The van der Waals surface area contributed by atoms with Gasteiger partial charge in [-0.2, -0.15) is 18.3 Å². The zero-order valence-electron chi connectivity index (χ0n) is 8.61. The fraction of sp³-hybridized carbons (Fsp3) is 0.667. The Morgan fingerprint density at radius 2 is 1.71 bits per heavy atom. The molecule has 0 saturated carbocycles. The Labute approximate surface area is 80.7 Å². The highest BCUT2D eigenvalue weighted by atomic mass is 19.4. The smallest absolute Gasteiger partial charge is 0.255 e. The Balaban J connectivity index is 3.35. The van der Waals surface area contributed by atoms with E-state index in [4.69, 9.17) is 0 Å². The van der Waals surface area contributed by atoms with E-state index in [0.29, 0.717) is 0 Å². The summed E-state index contributed by atoms with van der Waals surface area (Å²) < 4.78 is 38.9. The molecule has 0 N–H and O–H groups in total. The van der Waals surface area contributed by atoms with Crippen molar-refractivity contribution in [3.05, 3.63) is 17.5 Å². The van der Waals surface area contributed by atoms with Crippen LogP contribution in [0.25, 0.3) is 0 Å². The minimum absolute atomic E-state index is 0.160. The lowest BCUT2D eigenvalue weighted by molar-refractivity contribution is -0.146. The molecule has 0 aromatic carbocycles. The van der Waals surface area contributed by atoms with Gasteiger partial charge in [0, 0.05) is 0 Å². The Morgan fingerprint density at radius 1 is 1.21 bits per heavy atom. The molecule has 2 nitrogen and oxygen atoms in total. The molecule has 0 spiro atoms. The van der Waals surface area contributed by atoms with E-state index in [1.807, 2.05) is 0 Å². The first kappa shape index (κ1) is 11.1. The Kier molecular flexibility index (Phi) is 2.37. The predicted molar refractivity (Wildman–Crippen MR) is 47.0 cm³/mol. The molecule has 0 amide bonds. The number of halogens is 3. The van der Waals surface area contributed by atoms with Crippen molar-refractivity contribution < 1.29 is 13.2 Å². The van der Waals surface area contributed by atoms with Crippen molar-refractivity contribution in [2.75, 3.05) is 0 Å². The number of aromatic nitrogens is 2. The maximum absolute atomic E-state index is 12.6. The number of rotatable bonds is 0. The molecule has 0 unspecified atom stereocenters. The zero-order valence-corrected chi connectivity index (χ0v) is 8.61. The largest absolute Gasteiger partial charge is 0.433 e. The molecule has 0 aliphatic heterocycles. The van der Waals surface area contributed by atoms with Crippen molar-refractivity contribution in [3.63, 3.8) is 0 Å². The van der Waals surface area contributed by atoms with Crippen LogP contribution in [0.2, 0.25) is 0 Å². The molecule has 1 aromatic heterocycles. The number of alkyl halides is 3. The fourth-order valence-electron chi connectivity index (χ4n) is 1.28. The van der Waals surface area contributed by atoms with Crippen molar-refractivity contribution in [3.8, 4) is 0 Å². The third-order valence-corrected chi connectivity index (χ3v) is 1.86. The summed E-state index contributed by atoms with van der Waals surface area (Å²) in [5.74, 6) is 0. The van der Waals surface area contributed by atoms with Crippen LogP contribution in [0.15, 0.2) is 6.20 Å². The second-order valence-corrected chi connectivity index (χ2v) is 4.26. The van der Waals surface area contributed by atoms with Crippen LogP contribution in [0, 0.1) is 6.92 Å². The Hall–Kier alpha value is -1.00. The minimum atomic E-state index is -4.34. The van der Waals surface area contributed by atoms with Gasteiger partial charge in [-0.3, -0.25) is 4.68 Å². The molecule has 14 heavy (non-hydrogen) atoms. The summed E-state index contributed by atoms with van der Waals surface area (Å²) in [5.41, 5.74) is -1.16. The lowest BCUT2D eigenvalue weighted by Gasteiger charge is -2.23. The summed E-state index contributed by atoms with van der Waals surface area (Å²) >= 11 is 0. The quantitative estimate of drug-likeness (QED) is 0.638. The van der Waals surface area contributed by atoms with Crippen molar-refractivity contribution in [2.45, 2.75) is 39.4 Å². The van der Waals surface area contributed by atoms with Gasteiger partial charge < -0.3 is 0 Å². The highest BCUT2D eigenvalue weighted by molar-refractivity contribution is 5.20. The molecule has 80 valence electrons. The van der Waals surface area contributed by atoms with E-state index < -0.39 is 17.4 Å². The molecule has 0 fully saturated rings. The van der Waals surface area contributed by atoms with Gasteiger partial charge in [-0.05, 0) is 33.3 Å². The van der Waals surface area contributed by atoms with Crippen LogP contribution in [0.5, 0.6) is 0 Å². The standard InChI is InChI=1S/C9H13F3N2/c1-6-5-13-14(8(2,3)4)7(6)9(10,11)12/h5H,1-4H3. The lowest BCUT2D eigenvalue weighted by Crippen LogP contribution is -2.29. The molecule has 0 aliphatic carbocycles. The third-order valence-electron chi connectivity index (χ3n) is 1.86. The molecule has 0 bridgehead atoms. The van der Waals surface area contributed by atoms with E-state index in [2.05, 4.69) is 5.10 Å². The predicted octanol–water partition coefficient (Wildman–Crippen LogP) is 2.97. The molecule has 1 heterocycles. The first-order chi connectivity index (χ1) is 6.14. The van der Waals surface area contributed by atoms with Gasteiger partial charge in [0.2, 0.25) is 0 Å². The molecule has 1 rings (SSSR count). The van der Waals surface area contributed by atoms with Crippen LogP contribution in [0.1, 0.15) is 32.0 Å². The van der Waals surface area contributed by atoms with Gasteiger partial charge in [-0.1, -0.05) is 0 Å². The highest BCUT2D eigenvalue weighted by Crippen LogP contribution is 2.34. The number of aryl methyl sites for hydroxylation is 1. The molecule has 0 saturated heterocycles. The molecule has 0 aliphatic rings. The lowest BCUT2D eigenvalue weighted by atomic mass is 10.1. The van der Waals surface area contributed by atoms with Gasteiger partial charge in [0.25, 0.3) is 0 Å². The average Bonchev–Trinajstić information content (AvgIpc) is 2.27. The minimum Gasteiger partial charge on any atom is -0.255 e. The van der Waals surface area contributed by atoms with Gasteiger partial charge in [-0.15, -0.1) is 0 Å². The Bertz CT molecular complexity index is 331. The maximum Gasteiger partial charge on any atom is 0.433 e. The summed E-state index contributed by atoms with van der Waals surface area (Å²) in [4.78, 5) is 0. The molecule has 5 heteroatoms. The summed E-state index contributed by atoms with van der Waals surface area (Å²) in [6.45, 7) is 6.48. The van der Waals surface area contributed by atoms with E-state index in [9.17, 15) is 13.2 Å². The molecular weight excluding hydrogens is 193 g/mol. The van der Waals surface area contributed by atoms with Crippen LogP contribution in [-0.2, 0) is 11.7 Å². The molecular formula is C9H13F3N2. The van der Waals surface area contributed by atoms with Crippen molar-refractivity contribution in [2.24, 2.45) is 0 Å². The second-order valence-electron chi connectivity index (χ2n) is 4.26. The zero-order chi connectivity index (χ0) is 11.1. The van der Waals surface area contributed by atoms with Gasteiger partial charge >= 0.3 is 6.18 Å². The van der Waals surface area contributed by atoms with Crippen LogP contribution in [0.3, 0.4) is 0 Å². The number of hydrogen-bond donors (Lipinski definition) is 0. The SMILES string of the molecule is Cc1cnn(C(C)(C)C)c1C(F)(F)F. The van der Waals surface area contributed by atoms with E-state index in [-0.39, 0.29) is 5.56 Å². The van der Waals surface area contributed by atoms with Gasteiger partial charge in [0.15, 0.2) is 0 Å². The summed E-state index contributed by atoms with van der Waals surface area (Å²) in [6, 6.07) is 0. The summed E-state index contributed by atoms with van der Waals surface area (Å²) in [6.07, 6.45) is -3.10. The van der Waals surface area contributed by atoms with Crippen molar-refractivity contribution >= 4 is 0 Å². The highest BCUT2D eigenvalue weighted by Gasteiger charge is 2.39. The first-order valence-electron chi connectivity index (χ1n) is 4.26. The summed E-state index contributed by atoms with van der Waals surface area (Å²) in [7, 11) is 0. The van der Waals surface area contributed by atoms with Crippen LogP contribution >= 0.6 is 0 Å². The first-order valence-corrected chi connectivity index (χ1v) is 4.26. The van der Waals surface area contributed by atoms with Crippen molar-refractivity contribution in [1.82, 2.24) is 9.78 Å². The number of nitrogens with zero attached hydrogens (tertiary/aromatic N) is 2.